The van der Waals surface area contributed by atoms with Gasteiger partial charge < -0.3 is 9.80 Å². The number of benzene rings is 2. The minimum atomic E-state index is 0.164. The normalized spacial score (nSPS) is 15.6. The molecule has 1 saturated heterocycles. The van der Waals surface area contributed by atoms with Crippen molar-refractivity contribution in [1.82, 2.24) is 9.88 Å². The van der Waals surface area contributed by atoms with Gasteiger partial charge in [-0.25, -0.2) is 4.98 Å². The number of amides is 1. The van der Waals surface area contributed by atoms with Crippen LogP contribution in [0.4, 0.5) is 0 Å². The summed E-state index contributed by atoms with van der Waals surface area (Å²) in [6, 6.07) is 16.1. The van der Waals surface area contributed by atoms with Crippen LogP contribution in [0.15, 0.2) is 48.5 Å². The number of fused-ring (bicyclic) bond motifs is 1. The van der Waals surface area contributed by atoms with Gasteiger partial charge in [0.25, 0.3) is 5.91 Å². The summed E-state index contributed by atoms with van der Waals surface area (Å²) >= 11 is 1.78. The van der Waals surface area contributed by atoms with Gasteiger partial charge in [-0.1, -0.05) is 30.3 Å². The van der Waals surface area contributed by atoms with Crippen molar-refractivity contribution in [3.05, 3.63) is 64.7 Å². The van der Waals surface area contributed by atoms with Gasteiger partial charge in [-0.15, -0.1) is 11.3 Å². The highest BCUT2D eigenvalue weighted by molar-refractivity contribution is 7.18. The number of quaternary nitrogens is 1. The summed E-state index contributed by atoms with van der Waals surface area (Å²) in [7, 11) is 0. The molecule has 3 aromatic rings. The van der Waals surface area contributed by atoms with Gasteiger partial charge in [-0.2, -0.15) is 0 Å². The minimum absolute atomic E-state index is 0.164. The molecule has 2 heterocycles. The number of piperazine rings is 1. The molecule has 1 aliphatic heterocycles. The van der Waals surface area contributed by atoms with E-state index in [0.717, 1.165) is 49.4 Å². The van der Waals surface area contributed by atoms with E-state index in [1.807, 2.05) is 42.2 Å². The first-order valence-corrected chi connectivity index (χ1v) is 9.55. The van der Waals surface area contributed by atoms with Crippen molar-refractivity contribution >= 4 is 27.5 Å². The van der Waals surface area contributed by atoms with Crippen molar-refractivity contribution in [3.8, 4) is 0 Å². The third-order valence-electron chi connectivity index (χ3n) is 4.87. The van der Waals surface area contributed by atoms with Crippen LogP contribution in [0.5, 0.6) is 0 Å². The number of nitrogens with one attached hydrogen (secondary N) is 1. The third-order valence-corrected chi connectivity index (χ3v) is 5.91. The lowest BCUT2D eigenvalue weighted by molar-refractivity contribution is -0.917. The van der Waals surface area contributed by atoms with Crippen molar-refractivity contribution in [3.63, 3.8) is 0 Å². The molecule has 0 bridgehead atoms. The molecule has 4 nitrogen and oxygen atoms in total. The molecule has 0 saturated carbocycles. The smallest absolute Gasteiger partial charge is 0.254 e. The minimum Gasteiger partial charge on any atom is -0.327 e. The SMILES string of the molecule is Cc1ccccc1C(=O)N1CC[NH+](Cc2nc3ccccc3s2)CC1. The Morgan fingerprint density at radius 1 is 1.12 bits per heavy atom. The molecule has 128 valence electrons. The Bertz CT molecular complexity index is 864. The zero-order valence-electron chi connectivity index (χ0n) is 14.4. The lowest BCUT2D eigenvalue weighted by Gasteiger charge is -2.32. The molecule has 0 atom stereocenters. The van der Waals surface area contributed by atoms with E-state index in [0.29, 0.717) is 0 Å². The molecule has 0 aliphatic carbocycles. The first kappa shape index (κ1) is 16.2. The number of aryl methyl sites for hydroxylation is 1. The van der Waals surface area contributed by atoms with Crippen LogP contribution in [0, 0.1) is 6.92 Å². The highest BCUT2D eigenvalue weighted by atomic mass is 32.1. The average Bonchev–Trinajstić information content (AvgIpc) is 3.04. The number of nitrogens with zero attached hydrogens (tertiary/aromatic N) is 2. The Morgan fingerprint density at radius 2 is 1.84 bits per heavy atom. The molecule has 5 heteroatoms. The fourth-order valence-corrected chi connectivity index (χ4v) is 4.43. The molecular weight excluding hydrogens is 330 g/mol. The largest absolute Gasteiger partial charge is 0.327 e. The second-order valence-electron chi connectivity index (χ2n) is 6.61. The number of carbonyl (C=O) groups excluding carboxylic acids is 1. The van der Waals surface area contributed by atoms with E-state index in [4.69, 9.17) is 4.98 Å². The number of aromatic nitrogens is 1. The van der Waals surface area contributed by atoms with Gasteiger partial charge in [0.2, 0.25) is 0 Å². The maximum atomic E-state index is 12.7. The number of hydrogen-bond acceptors (Lipinski definition) is 3. The maximum Gasteiger partial charge on any atom is 0.254 e. The molecule has 0 spiro atoms. The van der Waals surface area contributed by atoms with Crippen LogP contribution in [-0.2, 0) is 6.54 Å². The summed E-state index contributed by atoms with van der Waals surface area (Å²) in [6.45, 7) is 6.54. The molecule has 1 aliphatic rings. The van der Waals surface area contributed by atoms with Crippen LogP contribution >= 0.6 is 11.3 Å². The molecule has 0 radical (unpaired) electrons. The van der Waals surface area contributed by atoms with E-state index < -0.39 is 0 Å². The molecular formula is C20H22N3OS+. The average molecular weight is 352 g/mol. The van der Waals surface area contributed by atoms with Crippen molar-refractivity contribution in [2.75, 3.05) is 26.2 Å². The first-order chi connectivity index (χ1) is 12.2. The number of para-hydroxylation sites is 1. The van der Waals surface area contributed by atoms with E-state index in [2.05, 4.69) is 18.2 Å². The van der Waals surface area contributed by atoms with E-state index in [9.17, 15) is 4.79 Å². The molecule has 0 unspecified atom stereocenters. The highest BCUT2D eigenvalue weighted by Gasteiger charge is 2.25. The predicted octanol–water partition coefficient (Wildman–Crippen LogP) is 2.15. The highest BCUT2D eigenvalue weighted by Crippen LogP contribution is 2.20. The summed E-state index contributed by atoms with van der Waals surface area (Å²) < 4.78 is 1.25. The molecule has 25 heavy (non-hydrogen) atoms. The first-order valence-electron chi connectivity index (χ1n) is 8.73. The van der Waals surface area contributed by atoms with Crippen molar-refractivity contribution in [2.24, 2.45) is 0 Å². The topological polar surface area (TPSA) is 37.6 Å². The van der Waals surface area contributed by atoms with Crippen LogP contribution in [-0.4, -0.2) is 42.0 Å². The Labute approximate surface area is 151 Å². The number of hydrogen-bond donors (Lipinski definition) is 1. The van der Waals surface area contributed by atoms with Gasteiger partial charge in [0, 0.05) is 5.56 Å². The predicted molar refractivity (Wildman–Crippen MR) is 101 cm³/mol. The molecule has 1 aromatic heterocycles. The zero-order valence-corrected chi connectivity index (χ0v) is 15.2. The van der Waals surface area contributed by atoms with Crippen molar-refractivity contribution < 1.29 is 9.69 Å². The van der Waals surface area contributed by atoms with Gasteiger partial charge in [0.15, 0.2) is 0 Å². The van der Waals surface area contributed by atoms with E-state index in [1.54, 1.807) is 11.3 Å². The van der Waals surface area contributed by atoms with Crippen LogP contribution in [0.25, 0.3) is 10.2 Å². The van der Waals surface area contributed by atoms with Crippen LogP contribution in [0.3, 0.4) is 0 Å². The number of carbonyl (C=O) groups is 1. The van der Waals surface area contributed by atoms with E-state index in [1.165, 1.54) is 14.6 Å². The quantitative estimate of drug-likeness (QED) is 0.784. The van der Waals surface area contributed by atoms with Crippen LogP contribution in [0.1, 0.15) is 20.9 Å². The summed E-state index contributed by atoms with van der Waals surface area (Å²) in [6.07, 6.45) is 0. The van der Waals surface area contributed by atoms with E-state index >= 15 is 0 Å². The zero-order chi connectivity index (χ0) is 17.2. The number of thiazole rings is 1. The monoisotopic (exact) mass is 352 g/mol. The van der Waals surface area contributed by atoms with Crippen molar-refractivity contribution in [1.29, 1.82) is 0 Å². The molecule has 1 N–H and O–H groups in total. The molecule has 1 fully saturated rings. The van der Waals surface area contributed by atoms with Gasteiger partial charge in [0.1, 0.15) is 11.6 Å². The second kappa shape index (κ2) is 6.94. The van der Waals surface area contributed by atoms with Crippen LogP contribution < -0.4 is 4.90 Å². The Hall–Kier alpha value is -2.24. The fraction of sp³-hybridized carbons (Fsp3) is 0.300. The molecule has 4 rings (SSSR count). The summed E-state index contributed by atoms with van der Waals surface area (Å²) in [5.41, 5.74) is 2.98. The van der Waals surface area contributed by atoms with Gasteiger partial charge in [0.05, 0.1) is 36.4 Å². The van der Waals surface area contributed by atoms with Gasteiger partial charge >= 0.3 is 0 Å². The Morgan fingerprint density at radius 3 is 2.60 bits per heavy atom. The van der Waals surface area contributed by atoms with Crippen molar-refractivity contribution in [2.45, 2.75) is 13.5 Å². The lowest BCUT2D eigenvalue weighted by Crippen LogP contribution is -3.13. The Kier molecular flexibility index (Phi) is 4.51. The van der Waals surface area contributed by atoms with E-state index in [-0.39, 0.29) is 5.91 Å². The maximum absolute atomic E-state index is 12.7. The second-order valence-corrected chi connectivity index (χ2v) is 7.72. The number of rotatable bonds is 3. The van der Waals surface area contributed by atoms with Crippen LogP contribution in [0.2, 0.25) is 0 Å². The molecule has 1 amide bonds. The Balaban J connectivity index is 1.38. The van der Waals surface area contributed by atoms with Gasteiger partial charge in [-0.3, -0.25) is 4.79 Å². The lowest BCUT2D eigenvalue weighted by atomic mass is 10.1. The summed E-state index contributed by atoms with van der Waals surface area (Å²) in [5, 5.41) is 1.19. The summed E-state index contributed by atoms with van der Waals surface area (Å²) in [5.74, 6) is 0.164. The van der Waals surface area contributed by atoms with Gasteiger partial charge in [-0.05, 0) is 30.7 Å². The standard InChI is InChI=1S/C20H21N3OS/c1-15-6-2-3-7-16(15)20(24)23-12-10-22(11-13-23)14-19-21-17-8-4-5-9-18(17)25-19/h2-9H,10-14H2,1H3/p+1. The third kappa shape index (κ3) is 3.43. The fourth-order valence-electron chi connectivity index (χ4n) is 3.40. The summed E-state index contributed by atoms with van der Waals surface area (Å²) in [4.78, 5) is 20.9. The molecule has 2 aromatic carbocycles.